The second-order valence-electron chi connectivity index (χ2n) is 5.09. The fourth-order valence-electron chi connectivity index (χ4n) is 2.42. The monoisotopic (exact) mass is 262 g/mol. The number of rotatable bonds is 3. The lowest BCUT2D eigenvalue weighted by Crippen LogP contribution is -2.41. The van der Waals surface area contributed by atoms with Gasteiger partial charge in [-0.3, -0.25) is 4.79 Å². The first-order chi connectivity index (χ1) is 8.50. The molecule has 1 heterocycles. The number of benzene rings is 1. The van der Waals surface area contributed by atoms with Gasteiger partial charge in [-0.2, -0.15) is 0 Å². The summed E-state index contributed by atoms with van der Waals surface area (Å²) in [6, 6.07) is 8.13. The molecule has 1 amide bonds. The number of amides is 1. The molecular formula is C14H18N2OS. The van der Waals surface area contributed by atoms with Crippen molar-refractivity contribution in [1.29, 1.82) is 0 Å². The second kappa shape index (κ2) is 5.06. The Morgan fingerprint density at radius 3 is 2.17 bits per heavy atom. The summed E-state index contributed by atoms with van der Waals surface area (Å²) < 4.78 is 0. The fraction of sp³-hybridized carbons (Fsp3) is 0.429. The number of carbonyl (C=O) groups excluding carboxylic acids is 1. The largest absolute Gasteiger partial charge is 0.393 e. The maximum atomic E-state index is 12.5. The molecule has 0 saturated carbocycles. The minimum Gasteiger partial charge on any atom is -0.393 e. The zero-order valence-corrected chi connectivity index (χ0v) is 11.5. The van der Waals surface area contributed by atoms with E-state index >= 15 is 0 Å². The van der Waals surface area contributed by atoms with E-state index in [2.05, 4.69) is 12.1 Å². The van der Waals surface area contributed by atoms with Crippen molar-refractivity contribution in [2.45, 2.75) is 26.9 Å². The van der Waals surface area contributed by atoms with Gasteiger partial charge >= 0.3 is 0 Å². The Kier molecular flexibility index (Phi) is 3.66. The molecule has 18 heavy (non-hydrogen) atoms. The third kappa shape index (κ3) is 2.38. The van der Waals surface area contributed by atoms with Crippen molar-refractivity contribution in [3.8, 4) is 0 Å². The van der Waals surface area contributed by atoms with Crippen molar-refractivity contribution in [2.24, 2.45) is 17.6 Å². The quantitative estimate of drug-likeness (QED) is 0.848. The number of fused-ring (bicyclic) bond motifs is 1. The van der Waals surface area contributed by atoms with Crippen LogP contribution in [0.25, 0.3) is 0 Å². The highest BCUT2D eigenvalue weighted by molar-refractivity contribution is 7.80. The van der Waals surface area contributed by atoms with Gasteiger partial charge in [-0.25, -0.2) is 0 Å². The molecule has 1 aliphatic heterocycles. The van der Waals surface area contributed by atoms with E-state index in [-0.39, 0.29) is 17.7 Å². The predicted molar refractivity (Wildman–Crippen MR) is 75.8 cm³/mol. The molecule has 3 nitrogen and oxygen atoms in total. The van der Waals surface area contributed by atoms with Crippen molar-refractivity contribution in [3.63, 3.8) is 0 Å². The smallest absolute Gasteiger partial charge is 0.233 e. The third-order valence-corrected chi connectivity index (χ3v) is 3.65. The SMILES string of the molecule is CC(C)C(C(=O)N1Cc2ccccc2C1)C(N)=S. The van der Waals surface area contributed by atoms with Crippen LogP contribution in [-0.4, -0.2) is 15.8 Å². The molecule has 1 unspecified atom stereocenters. The lowest BCUT2D eigenvalue weighted by molar-refractivity contribution is -0.135. The number of hydrogen-bond acceptors (Lipinski definition) is 2. The van der Waals surface area contributed by atoms with E-state index in [0.717, 1.165) is 0 Å². The summed E-state index contributed by atoms with van der Waals surface area (Å²) >= 11 is 5.02. The maximum Gasteiger partial charge on any atom is 0.233 e. The highest BCUT2D eigenvalue weighted by Gasteiger charge is 2.32. The minimum absolute atomic E-state index is 0.0497. The molecule has 1 aromatic carbocycles. The molecule has 0 fully saturated rings. The first kappa shape index (κ1) is 13.0. The van der Waals surface area contributed by atoms with Crippen LogP contribution in [0.4, 0.5) is 0 Å². The van der Waals surface area contributed by atoms with Gasteiger partial charge in [0.25, 0.3) is 0 Å². The molecule has 0 bridgehead atoms. The molecule has 1 aliphatic rings. The van der Waals surface area contributed by atoms with Gasteiger partial charge in [0.2, 0.25) is 5.91 Å². The van der Waals surface area contributed by atoms with Gasteiger partial charge in [0.15, 0.2) is 0 Å². The van der Waals surface area contributed by atoms with E-state index in [1.807, 2.05) is 30.9 Å². The molecule has 2 N–H and O–H groups in total. The second-order valence-corrected chi connectivity index (χ2v) is 5.56. The van der Waals surface area contributed by atoms with Crippen LogP contribution < -0.4 is 5.73 Å². The molecule has 4 heteroatoms. The fourth-order valence-corrected chi connectivity index (χ4v) is 2.79. The first-order valence-corrected chi connectivity index (χ1v) is 6.56. The molecule has 0 saturated heterocycles. The zero-order valence-electron chi connectivity index (χ0n) is 10.7. The van der Waals surface area contributed by atoms with Crippen LogP contribution >= 0.6 is 12.2 Å². The Hall–Kier alpha value is -1.42. The summed E-state index contributed by atoms with van der Waals surface area (Å²) in [4.78, 5) is 14.6. The van der Waals surface area contributed by atoms with Gasteiger partial charge in [0.05, 0.1) is 10.9 Å². The molecular weight excluding hydrogens is 244 g/mol. The summed E-state index contributed by atoms with van der Waals surface area (Å²) in [6.45, 7) is 5.29. The number of thiocarbonyl (C=S) groups is 1. The molecule has 1 aromatic rings. The Balaban J connectivity index is 2.16. The number of nitrogens with zero attached hydrogens (tertiary/aromatic N) is 1. The summed E-state index contributed by atoms with van der Waals surface area (Å²) in [5.74, 6) is -0.165. The highest BCUT2D eigenvalue weighted by Crippen LogP contribution is 2.25. The van der Waals surface area contributed by atoms with Gasteiger partial charge in [-0.1, -0.05) is 50.3 Å². The number of nitrogens with two attached hydrogens (primary N) is 1. The predicted octanol–water partition coefficient (Wildman–Crippen LogP) is 2.09. The number of hydrogen-bond donors (Lipinski definition) is 1. The van der Waals surface area contributed by atoms with Gasteiger partial charge in [0, 0.05) is 13.1 Å². The van der Waals surface area contributed by atoms with Crippen molar-refractivity contribution < 1.29 is 4.79 Å². The maximum absolute atomic E-state index is 12.5. The molecule has 0 aromatic heterocycles. The van der Waals surface area contributed by atoms with Crippen molar-refractivity contribution in [2.75, 3.05) is 0 Å². The standard InChI is InChI=1S/C14H18N2OS/c1-9(2)12(13(15)18)14(17)16-7-10-5-3-4-6-11(10)8-16/h3-6,9,12H,7-8H2,1-2H3,(H2,15,18). The lowest BCUT2D eigenvalue weighted by Gasteiger charge is -2.24. The zero-order chi connectivity index (χ0) is 13.3. The van der Waals surface area contributed by atoms with E-state index in [0.29, 0.717) is 18.1 Å². The Morgan fingerprint density at radius 1 is 1.28 bits per heavy atom. The average molecular weight is 262 g/mol. The topological polar surface area (TPSA) is 46.3 Å². The first-order valence-electron chi connectivity index (χ1n) is 6.15. The van der Waals surface area contributed by atoms with Crippen molar-refractivity contribution >= 4 is 23.1 Å². The Labute approximate surface area is 113 Å². The van der Waals surface area contributed by atoms with Gasteiger partial charge in [-0.05, 0) is 17.0 Å². The van der Waals surface area contributed by atoms with Gasteiger partial charge in [0.1, 0.15) is 0 Å². The average Bonchev–Trinajstić information content (AvgIpc) is 2.71. The summed E-state index contributed by atoms with van der Waals surface area (Å²) in [5.41, 5.74) is 8.13. The molecule has 96 valence electrons. The van der Waals surface area contributed by atoms with Crippen LogP contribution in [0.15, 0.2) is 24.3 Å². The van der Waals surface area contributed by atoms with E-state index < -0.39 is 0 Å². The van der Waals surface area contributed by atoms with E-state index in [1.165, 1.54) is 11.1 Å². The van der Waals surface area contributed by atoms with E-state index in [9.17, 15) is 4.79 Å². The summed E-state index contributed by atoms with van der Waals surface area (Å²) in [7, 11) is 0. The number of carbonyl (C=O) groups is 1. The van der Waals surface area contributed by atoms with Crippen molar-refractivity contribution in [3.05, 3.63) is 35.4 Å². The lowest BCUT2D eigenvalue weighted by atomic mass is 9.94. The molecule has 0 aliphatic carbocycles. The van der Waals surface area contributed by atoms with Crippen LogP contribution in [0.2, 0.25) is 0 Å². The normalized spacial score (nSPS) is 15.6. The molecule has 2 rings (SSSR count). The van der Waals surface area contributed by atoms with Gasteiger partial charge < -0.3 is 10.6 Å². The van der Waals surface area contributed by atoms with E-state index in [1.54, 1.807) is 0 Å². The van der Waals surface area contributed by atoms with Crippen LogP contribution in [-0.2, 0) is 17.9 Å². The Bertz CT molecular complexity index is 459. The van der Waals surface area contributed by atoms with Crippen LogP contribution in [0.1, 0.15) is 25.0 Å². The third-order valence-electron chi connectivity index (χ3n) is 3.39. The molecule has 0 spiro atoms. The molecule has 1 atom stereocenters. The Morgan fingerprint density at radius 2 is 1.78 bits per heavy atom. The minimum atomic E-state index is -0.352. The molecule has 0 radical (unpaired) electrons. The summed E-state index contributed by atoms with van der Waals surface area (Å²) in [5, 5.41) is 0. The van der Waals surface area contributed by atoms with Gasteiger partial charge in [-0.15, -0.1) is 0 Å². The van der Waals surface area contributed by atoms with Crippen molar-refractivity contribution in [1.82, 2.24) is 4.90 Å². The summed E-state index contributed by atoms with van der Waals surface area (Å²) in [6.07, 6.45) is 0. The van der Waals surface area contributed by atoms with Crippen LogP contribution in [0.5, 0.6) is 0 Å². The van der Waals surface area contributed by atoms with Crippen LogP contribution in [0.3, 0.4) is 0 Å². The van der Waals surface area contributed by atoms with Crippen LogP contribution in [0, 0.1) is 11.8 Å². The van der Waals surface area contributed by atoms with E-state index in [4.69, 9.17) is 18.0 Å². The highest BCUT2D eigenvalue weighted by atomic mass is 32.1.